The zero-order valence-electron chi connectivity index (χ0n) is 10.6. The second-order valence-corrected chi connectivity index (χ2v) is 5.35. The fourth-order valence-corrected chi connectivity index (χ4v) is 2.71. The van der Waals surface area contributed by atoms with Crippen LogP contribution >= 0.6 is 11.3 Å². The minimum atomic E-state index is 0.000324. The highest BCUT2D eigenvalue weighted by Gasteiger charge is 2.23. The van der Waals surface area contributed by atoms with Crippen molar-refractivity contribution in [1.29, 1.82) is 0 Å². The summed E-state index contributed by atoms with van der Waals surface area (Å²) in [6, 6.07) is 0. The lowest BCUT2D eigenvalue weighted by Gasteiger charge is -2.22. The normalized spacial score (nSPS) is 19.1. The fraction of sp³-hybridized carbons (Fsp3) is 0.667. The summed E-state index contributed by atoms with van der Waals surface area (Å²) >= 11 is 1.44. The number of nitrogens with zero attached hydrogens (tertiary/aromatic N) is 2. The van der Waals surface area contributed by atoms with Gasteiger partial charge in [-0.1, -0.05) is 0 Å². The van der Waals surface area contributed by atoms with Gasteiger partial charge in [0.25, 0.3) is 5.91 Å². The van der Waals surface area contributed by atoms with Crippen molar-refractivity contribution in [1.82, 2.24) is 9.88 Å². The van der Waals surface area contributed by atoms with Crippen LogP contribution in [-0.2, 0) is 11.3 Å². The molecule has 1 saturated heterocycles. The number of rotatable bonds is 5. The lowest BCUT2D eigenvalue weighted by Crippen LogP contribution is -2.35. The fourth-order valence-electron chi connectivity index (χ4n) is 2.06. The van der Waals surface area contributed by atoms with E-state index in [1.807, 2.05) is 11.8 Å². The zero-order chi connectivity index (χ0) is 13.0. The molecule has 0 saturated carbocycles. The SMILES string of the molecule is CCN(CC1CCOC1)C(=O)c1csc(CN)n1. The summed E-state index contributed by atoms with van der Waals surface area (Å²) in [5.74, 6) is 0.460. The van der Waals surface area contributed by atoms with Crippen LogP contribution in [-0.4, -0.2) is 42.1 Å². The quantitative estimate of drug-likeness (QED) is 0.869. The molecule has 0 spiro atoms. The molecule has 0 aliphatic carbocycles. The van der Waals surface area contributed by atoms with Gasteiger partial charge in [-0.25, -0.2) is 4.98 Å². The van der Waals surface area contributed by atoms with Crippen LogP contribution in [0, 0.1) is 5.92 Å². The number of amides is 1. The van der Waals surface area contributed by atoms with Gasteiger partial charge in [0.2, 0.25) is 0 Å². The van der Waals surface area contributed by atoms with E-state index in [9.17, 15) is 4.79 Å². The molecule has 1 amide bonds. The Hall–Kier alpha value is -0.980. The summed E-state index contributed by atoms with van der Waals surface area (Å²) < 4.78 is 5.34. The highest BCUT2D eigenvalue weighted by molar-refractivity contribution is 7.09. The lowest BCUT2D eigenvalue weighted by atomic mass is 10.1. The number of thiazole rings is 1. The van der Waals surface area contributed by atoms with Crippen molar-refractivity contribution < 1.29 is 9.53 Å². The third-order valence-corrected chi connectivity index (χ3v) is 3.99. The molecule has 2 N–H and O–H groups in total. The van der Waals surface area contributed by atoms with Gasteiger partial charge in [-0.15, -0.1) is 11.3 Å². The molecule has 1 fully saturated rings. The Morgan fingerprint density at radius 3 is 3.11 bits per heavy atom. The number of hydrogen-bond donors (Lipinski definition) is 1. The summed E-state index contributed by atoms with van der Waals surface area (Å²) in [7, 11) is 0. The predicted molar refractivity (Wildman–Crippen MR) is 70.5 cm³/mol. The number of carbonyl (C=O) groups is 1. The standard InChI is InChI=1S/C12H19N3O2S/c1-2-15(6-9-3-4-17-7-9)12(16)10-8-18-11(5-13)14-10/h8-9H,2-7,13H2,1H3. The van der Waals surface area contributed by atoms with Gasteiger partial charge in [0, 0.05) is 37.5 Å². The summed E-state index contributed by atoms with van der Waals surface area (Å²) in [4.78, 5) is 18.4. The van der Waals surface area contributed by atoms with Crippen molar-refractivity contribution in [2.24, 2.45) is 11.7 Å². The van der Waals surface area contributed by atoms with Crippen LogP contribution in [0.3, 0.4) is 0 Å². The Balaban J connectivity index is 1.99. The average Bonchev–Trinajstić information content (AvgIpc) is 3.06. The van der Waals surface area contributed by atoms with E-state index >= 15 is 0 Å². The summed E-state index contributed by atoms with van der Waals surface area (Å²) in [6.45, 7) is 5.40. The van der Waals surface area contributed by atoms with Gasteiger partial charge in [-0.05, 0) is 13.3 Å². The van der Waals surface area contributed by atoms with Crippen molar-refractivity contribution in [3.05, 3.63) is 16.1 Å². The first-order valence-corrected chi connectivity index (χ1v) is 7.14. The maximum atomic E-state index is 12.3. The Kier molecular flexibility index (Phi) is 4.68. The van der Waals surface area contributed by atoms with Gasteiger partial charge >= 0.3 is 0 Å². The van der Waals surface area contributed by atoms with Gasteiger partial charge < -0.3 is 15.4 Å². The second kappa shape index (κ2) is 6.26. The van der Waals surface area contributed by atoms with Crippen molar-refractivity contribution in [2.45, 2.75) is 19.9 Å². The molecule has 0 radical (unpaired) electrons. The molecule has 1 aliphatic heterocycles. The first kappa shape index (κ1) is 13.5. The van der Waals surface area contributed by atoms with Crippen molar-refractivity contribution in [2.75, 3.05) is 26.3 Å². The third kappa shape index (κ3) is 3.07. The Morgan fingerprint density at radius 1 is 1.72 bits per heavy atom. The molecule has 1 aromatic rings. The minimum absolute atomic E-state index is 0.000324. The van der Waals surface area contributed by atoms with E-state index in [1.54, 1.807) is 5.38 Å². The lowest BCUT2D eigenvalue weighted by molar-refractivity contribution is 0.0725. The Morgan fingerprint density at radius 2 is 2.56 bits per heavy atom. The van der Waals surface area contributed by atoms with Gasteiger partial charge in [-0.3, -0.25) is 4.79 Å². The third-order valence-electron chi connectivity index (χ3n) is 3.12. The topological polar surface area (TPSA) is 68.5 Å². The summed E-state index contributed by atoms with van der Waals surface area (Å²) in [5, 5.41) is 2.59. The van der Waals surface area contributed by atoms with Crippen LogP contribution in [0.25, 0.3) is 0 Å². The van der Waals surface area contributed by atoms with E-state index < -0.39 is 0 Å². The van der Waals surface area contributed by atoms with E-state index in [2.05, 4.69) is 4.98 Å². The number of nitrogens with two attached hydrogens (primary N) is 1. The predicted octanol–water partition coefficient (Wildman–Crippen LogP) is 1.10. The second-order valence-electron chi connectivity index (χ2n) is 4.40. The number of hydrogen-bond acceptors (Lipinski definition) is 5. The molecule has 1 aliphatic rings. The first-order chi connectivity index (χ1) is 8.74. The molecule has 2 rings (SSSR count). The van der Waals surface area contributed by atoms with Crippen LogP contribution in [0.2, 0.25) is 0 Å². The van der Waals surface area contributed by atoms with E-state index in [1.165, 1.54) is 11.3 Å². The number of aromatic nitrogens is 1. The average molecular weight is 269 g/mol. The largest absolute Gasteiger partial charge is 0.381 e. The maximum absolute atomic E-state index is 12.3. The highest BCUT2D eigenvalue weighted by Crippen LogP contribution is 2.16. The molecular formula is C12H19N3O2S. The summed E-state index contributed by atoms with van der Waals surface area (Å²) in [5.41, 5.74) is 6.03. The zero-order valence-corrected chi connectivity index (χ0v) is 11.4. The Labute approximate surface area is 111 Å². The number of ether oxygens (including phenoxy) is 1. The van der Waals surface area contributed by atoms with Gasteiger partial charge in [0.05, 0.1) is 6.61 Å². The van der Waals surface area contributed by atoms with E-state index in [0.29, 0.717) is 24.7 Å². The molecule has 18 heavy (non-hydrogen) atoms. The smallest absolute Gasteiger partial charge is 0.273 e. The van der Waals surface area contributed by atoms with Crippen LogP contribution in [0.1, 0.15) is 28.8 Å². The van der Waals surface area contributed by atoms with Crippen molar-refractivity contribution in [3.63, 3.8) is 0 Å². The molecule has 1 unspecified atom stereocenters. The molecular weight excluding hydrogens is 250 g/mol. The van der Waals surface area contributed by atoms with Gasteiger partial charge in [0.1, 0.15) is 10.7 Å². The van der Waals surface area contributed by atoms with Crippen LogP contribution < -0.4 is 5.73 Å². The van der Waals surface area contributed by atoms with Crippen molar-refractivity contribution >= 4 is 17.2 Å². The molecule has 100 valence electrons. The number of carbonyl (C=O) groups excluding carboxylic acids is 1. The molecule has 1 aromatic heterocycles. The van der Waals surface area contributed by atoms with E-state index in [4.69, 9.17) is 10.5 Å². The Bertz CT molecular complexity index is 402. The van der Waals surface area contributed by atoms with Crippen molar-refractivity contribution in [3.8, 4) is 0 Å². The van der Waals surface area contributed by atoms with Crippen LogP contribution in [0.5, 0.6) is 0 Å². The molecule has 0 aromatic carbocycles. The summed E-state index contributed by atoms with van der Waals surface area (Å²) in [6.07, 6.45) is 1.04. The van der Waals surface area contributed by atoms with Crippen LogP contribution in [0.4, 0.5) is 0 Å². The first-order valence-electron chi connectivity index (χ1n) is 6.26. The van der Waals surface area contributed by atoms with Gasteiger partial charge in [-0.2, -0.15) is 0 Å². The van der Waals surface area contributed by atoms with E-state index in [0.717, 1.165) is 31.2 Å². The van der Waals surface area contributed by atoms with Crippen LogP contribution in [0.15, 0.2) is 5.38 Å². The maximum Gasteiger partial charge on any atom is 0.273 e. The highest BCUT2D eigenvalue weighted by atomic mass is 32.1. The monoisotopic (exact) mass is 269 g/mol. The molecule has 2 heterocycles. The minimum Gasteiger partial charge on any atom is -0.381 e. The molecule has 1 atom stereocenters. The molecule has 6 heteroatoms. The van der Waals surface area contributed by atoms with E-state index in [-0.39, 0.29) is 5.91 Å². The molecule has 5 nitrogen and oxygen atoms in total. The molecule has 0 bridgehead atoms. The van der Waals surface area contributed by atoms with Gasteiger partial charge in [0.15, 0.2) is 0 Å².